The lowest BCUT2D eigenvalue weighted by molar-refractivity contribution is 0.151. The number of carbonyl (C=O) groups excluding carboxylic acids is 1. The molecule has 0 spiro atoms. The Kier molecular flexibility index (Phi) is 5.83. The molecule has 2 aromatic carbocycles. The third kappa shape index (κ3) is 4.41. The predicted molar refractivity (Wildman–Crippen MR) is 126 cm³/mol. The molecule has 1 aromatic heterocycles. The van der Waals surface area contributed by atoms with Crippen molar-refractivity contribution in [1.82, 2.24) is 15.1 Å². The number of H-pyrrole nitrogens is 1. The van der Waals surface area contributed by atoms with Crippen LogP contribution in [0.4, 0.5) is 16.2 Å². The van der Waals surface area contributed by atoms with E-state index in [2.05, 4.69) is 25.7 Å². The zero-order chi connectivity index (χ0) is 21.2. The van der Waals surface area contributed by atoms with Crippen LogP contribution >= 0.6 is 11.6 Å². The summed E-state index contributed by atoms with van der Waals surface area (Å²) >= 11 is 6.14. The first-order valence-corrected chi connectivity index (χ1v) is 11.6. The summed E-state index contributed by atoms with van der Waals surface area (Å²) in [5.41, 5.74) is 3.46. The number of anilines is 2. The van der Waals surface area contributed by atoms with Crippen LogP contribution in [0.2, 0.25) is 5.02 Å². The normalized spacial score (nSPS) is 22.0. The molecule has 2 saturated heterocycles. The molecule has 2 fully saturated rings. The number of halogens is 1. The zero-order valence-electron chi connectivity index (χ0n) is 17.5. The fourth-order valence-corrected chi connectivity index (χ4v) is 5.28. The number of rotatable bonds is 3. The molecule has 0 saturated carbocycles. The predicted octanol–water partition coefficient (Wildman–Crippen LogP) is 5.98. The Morgan fingerprint density at radius 1 is 1.03 bits per heavy atom. The Labute approximate surface area is 187 Å². The number of urea groups is 1. The maximum atomic E-state index is 12.5. The first kappa shape index (κ1) is 20.3. The largest absolute Gasteiger partial charge is 0.323 e. The number of amides is 2. The standard InChI is InChI=1S/C24H28ClN5O/c25-20-6-1-2-7-22(20)27-24(31)26-17-9-11-21-19(15-17)23(29-28-21)16-8-10-18-5-3-4-13-30(18)14-12-16/h1-2,6-7,9,11,15-16,18H,3-5,8,10,12-14H2,(H,28,29)(H2,26,27,31). The smallest absolute Gasteiger partial charge is 0.308 e. The maximum Gasteiger partial charge on any atom is 0.323 e. The number of piperidine rings is 1. The molecule has 6 nitrogen and oxygen atoms in total. The molecule has 0 bridgehead atoms. The molecule has 2 atom stereocenters. The van der Waals surface area contributed by atoms with Crippen molar-refractivity contribution in [1.29, 1.82) is 0 Å². The highest BCUT2D eigenvalue weighted by molar-refractivity contribution is 6.33. The van der Waals surface area contributed by atoms with Gasteiger partial charge in [-0.05, 0) is 75.5 Å². The highest BCUT2D eigenvalue weighted by atomic mass is 35.5. The minimum absolute atomic E-state index is 0.316. The molecule has 2 amide bonds. The van der Waals surface area contributed by atoms with Crippen LogP contribution in [0.5, 0.6) is 0 Å². The van der Waals surface area contributed by atoms with E-state index in [0.29, 0.717) is 16.6 Å². The summed E-state index contributed by atoms with van der Waals surface area (Å²) in [5, 5.41) is 15.2. The van der Waals surface area contributed by atoms with E-state index >= 15 is 0 Å². The van der Waals surface area contributed by atoms with Crippen molar-refractivity contribution in [3.8, 4) is 0 Å². The summed E-state index contributed by atoms with van der Waals surface area (Å²) in [7, 11) is 0. The van der Waals surface area contributed by atoms with E-state index in [0.717, 1.165) is 35.6 Å². The second-order valence-electron chi connectivity index (χ2n) is 8.68. The number of carbonyl (C=O) groups is 1. The van der Waals surface area contributed by atoms with Gasteiger partial charge in [0.25, 0.3) is 0 Å². The molecule has 0 radical (unpaired) electrons. The number of benzene rings is 2. The first-order chi connectivity index (χ1) is 15.2. The molecular weight excluding hydrogens is 410 g/mol. The lowest BCUT2D eigenvalue weighted by atomic mass is 9.92. The van der Waals surface area contributed by atoms with Crippen molar-refractivity contribution in [2.45, 2.75) is 50.5 Å². The third-order valence-corrected chi connectivity index (χ3v) is 7.06. The van der Waals surface area contributed by atoms with Crippen LogP contribution in [-0.2, 0) is 0 Å². The monoisotopic (exact) mass is 437 g/mol. The van der Waals surface area contributed by atoms with Crippen LogP contribution in [0, 0.1) is 0 Å². The Morgan fingerprint density at radius 2 is 1.94 bits per heavy atom. The van der Waals surface area contributed by atoms with E-state index < -0.39 is 0 Å². The van der Waals surface area contributed by atoms with Crippen LogP contribution < -0.4 is 10.6 Å². The topological polar surface area (TPSA) is 73.0 Å². The van der Waals surface area contributed by atoms with Gasteiger partial charge in [0.2, 0.25) is 0 Å². The van der Waals surface area contributed by atoms with E-state index in [4.69, 9.17) is 11.6 Å². The van der Waals surface area contributed by atoms with E-state index in [1.165, 1.54) is 44.3 Å². The molecule has 2 aliphatic heterocycles. The average molecular weight is 438 g/mol. The van der Waals surface area contributed by atoms with Gasteiger partial charge >= 0.3 is 6.03 Å². The average Bonchev–Trinajstić information content (AvgIpc) is 3.07. The van der Waals surface area contributed by atoms with Gasteiger partial charge in [0.1, 0.15) is 0 Å². The van der Waals surface area contributed by atoms with Crippen LogP contribution in [0.1, 0.15) is 50.1 Å². The highest BCUT2D eigenvalue weighted by Crippen LogP contribution is 2.36. The van der Waals surface area contributed by atoms with E-state index in [1.54, 1.807) is 12.1 Å². The number of hydrogen-bond donors (Lipinski definition) is 3. The fraction of sp³-hybridized carbons (Fsp3) is 0.417. The summed E-state index contributed by atoms with van der Waals surface area (Å²) in [6.45, 7) is 2.41. The SMILES string of the molecule is O=C(Nc1ccc2n[nH]c(C3CCC4CCCCN4CC3)c2c1)Nc1ccccc1Cl. The van der Waals surface area contributed by atoms with Gasteiger partial charge < -0.3 is 15.5 Å². The Hall–Kier alpha value is -2.57. The van der Waals surface area contributed by atoms with Gasteiger partial charge in [-0.25, -0.2) is 4.79 Å². The molecule has 31 heavy (non-hydrogen) atoms. The summed E-state index contributed by atoms with van der Waals surface area (Å²) in [5.74, 6) is 0.475. The Balaban J connectivity index is 1.32. The van der Waals surface area contributed by atoms with Gasteiger partial charge in [0.05, 0.1) is 16.2 Å². The first-order valence-electron chi connectivity index (χ1n) is 11.2. The fourth-order valence-electron chi connectivity index (χ4n) is 5.10. The summed E-state index contributed by atoms with van der Waals surface area (Å²) in [6.07, 6.45) is 7.62. The van der Waals surface area contributed by atoms with Crippen LogP contribution in [0.3, 0.4) is 0 Å². The molecule has 0 aliphatic carbocycles. The van der Waals surface area contributed by atoms with Gasteiger partial charge in [0.15, 0.2) is 0 Å². The number of aromatic amines is 1. The van der Waals surface area contributed by atoms with Crippen LogP contribution in [-0.4, -0.2) is 40.3 Å². The molecule has 3 N–H and O–H groups in total. The summed E-state index contributed by atoms with van der Waals surface area (Å²) in [4.78, 5) is 15.2. The number of hydrogen-bond acceptors (Lipinski definition) is 3. The van der Waals surface area contributed by atoms with E-state index in [9.17, 15) is 4.79 Å². The lowest BCUT2D eigenvalue weighted by Crippen LogP contribution is -2.38. The number of aromatic nitrogens is 2. The summed E-state index contributed by atoms with van der Waals surface area (Å²) < 4.78 is 0. The maximum absolute atomic E-state index is 12.5. The Bertz CT molecular complexity index is 1060. The second-order valence-corrected chi connectivity index (χ2v) is 9.08. The minimum atomic E-state index is -0.316. The van der Waals surface area contributed by atoms with E-state index in [-0.39, 0.29) is 6.03 Å². The number of nitrogens with zero attached hydrogens (tertiary/aromatic N) is 2. The van der Waals surface area contributed by atoms with Crippen molar-refractivity contribution in [3.63, 3.8) is 0 Å². The number of para-hydroxylation sites is 1. The van der Waals surface area contributed by atoms with Crippen molar-refractivity contribution < 1.29 is 4.79 Å². The molecule has 162 valence electrons. The highest BCUT2D eigenvalue weighted by Gasteiger charge is 2.29. The molecule has 2 unspecified atom stereocenters. The van der Waals surface area contributed by atoms with Gasteiger partial charge in [-0.2, -0.15) is 5.10 Å². The Morgan fingerprint density at radius 3 is 2.84 bits per heavy atom. The van der Waals surface area contributed by atoms with Gasteiger partial charge in [-0.15, -0.1) is 0 Å². The number of fused-ring (bicyclic) bond motifs is 2. The van der Waals surface area contributed by atoms with E-state index in [1.807, 2.05) is 30.3 Å². The van der Waals surface area contributed by atoms with Gasteiger partial charge in [0, 0.05) is 28.7 Å². The minimum Gasteiger partial charge on any atom is -0.308 e. The van der Waals surface area contributed by atoms with Crippen molar-refractivity contribution in [3.05, 3.63) is 53.2 Å². The van der Waals surface area contributed by atoms with Crippen LogP contribution in [0.15, 0.2) is 42.5 Å². The van der Waals surface area contributed by atoms with Gasteiger partial charge in [-0.1, -0.05) is 30.2 Å². The molecule has 3 aromatic rings. The number of nitrogens with one attached hydrogen (secondary N) is 3. The second kappa shape index (κ2) is 8.89. The van der Waals surface area contributed by atoms with Crippen LogP contribution in [0.25, 0.3) is 10.9 Å². The summed E-state index contributed by atoms with van der Waals surface area (Å²) in [6, 6.07) is 13.5. The molecular formula is C24H28ClN5O. The molecule has 2 aliphatic rings. The quantitative estimate of drug-likeness (QED) is 0.471. The molecule has 5 rings (SSSR count). The molecule has 7 heteroatoms. The molecule has 3 heterocycles. The lowest BCUT2D eigenvalue weighted by Gasteiger charge is -2.33. The third-order valence-electron chi connectivity index (χ3n) is 6.73. The van der Waals surface area contributed by atoms with Crippen molar-refractivity contribution in [2.24, 2.45) is 0 Å². The van der Waals surface area contributed by atoms with Crippen molar-refractivity contribution in [2.75, 3.05) is 23.7 Å². The zero-order valence-corrected chi connectivity index (χ0v) is 18.3. The van der Waals surface area contributed by atoms with Gasteiger partial charge in [-0.3, -0.25) is 5.10 Å². The van der Waals surface area contributed by atoms with Crippen molar-refractivity contribution >= 4 is 39.9 Å².